The quantitative estimate of drug-likeness (QED) is 0.149. The molecule has 2 N–H and O–H groups in total. The molecule has 0 amide bonds. The Morgan fingerprint density at radius 1 is 0.556 bits per heavy atom. The SMILES string of the molecule is CCC(C)COc1ccc(C(C)(C)c2ccc(OC(C)(C)C(O)COc3ccc(C(C)(C)c4ccc(O)cc4)cc3)cc2)cc1. The summed E-state index contributed by atoms with van der Waals surface area (Å²) < 4.78 is 18.2. The van der Waals surface area contributed by atoms with Crippen molar-refractivity contribution in [1.29, 1.82) is 0 Å². The molecule has 45 heavy (non-hydrogen) atoms. The first-order valence-electron chi connectivity index (χ1n) is 16.0. The molecule has 0 radical (unpaired) electrons. The first-order chi connectivity index (χ1) is 21.2. The Kier molecular flexibility index (Phi) is 10.5. The number of ether oxygens (including phenoxy) is 3. The van der Waals surface area contributed by atoms with Crippen molar-refractivity contribution in [2.75, 3.05) is 13.2 Å². The van der Waals surface area contributed by atoms with Crippen LogP contribution in [0, 0.1) is 5.92 Å². The van der Waals surface area contributed by atoms with Crippen LogP contribution in [0.1, 0.15) is 84.1 Å². The Hall–Kier alpha value is -3.96. The van der Waals surface area contributed by atoms with Crippen LogP contribution >= 0.6 is 0 Å². The summed E-state index contributed by atoms with van der Waals surface area (Å²) in [6, 6.07) is 31.7. The van der Waals surface area contributed by atoms with Crippen LogP contribution in [0.25, 0.3) is 0 Å². The lowest BCUT2D eigenvalue weighted by Crippen LogP contribution is -2.45. The second-order valence-corrected chi connectivity index (χ2v) is 13.7. The summed E-state index contributed by atoms with van der Waals surface area (Å²) in [4.78, 5) is 0. The van der Waals surface area contributed by atoms with Crippen LogP contribution in [0.15, 0.2) is 97.1 Å². The fourth-order valence-corrected chi connectivity index (χ4v) is 5.19. The summed E-state index contributed by atoms with van der Waals surface area (Å²) >= 11 is 0. The zero-order valence-electron chi connectivity index (χ0n) is 28.1. The summed E-state index contributed by atoms with van der Waals surface area (Å²) in [6.07, 6.45) is 0.245. The van der Waals surface area contributed by atoms with Gasteiger partial charge in [0.25, 0.3) is 0 Å². The molecule has 4 aromatic carbocycles. The van der Waals surface area contributed by atoms with E-state index in [1.54, 1.807) is 12.1 Å². The normalized spacial score (nSPS) is 13.6. The second kappa shape index (κ2) is 14.0. The zero-order chi connectivity index (χ0) is 32.8. The Bertz CT molecular complexity index is 1480. The molecule has 0 aliphatic rings. The molecule has 0 spiro atoms. The number of hydrogen-bond acceptors (Lipinski definition) is 5. The number of aromatic hydroxyl groups is 1. The fourth-order valence-electron chi connectivity index (χ4n) is 5.19. The standard InChI is InChI=1S/C40H50O5/c1-9-28(2)26-43-34-20-12-31(13-21-34)39(5,6)32-16-24-36(25-17-32)45-40(7,8)37(42)27-44-35-22-14-30(15-23-35)38(3,4)29-10-18-33(41)19-11-29/h10-25,28,37,41-42H,9,26-27H2,1-8H3. The Morgan fingerprint density at radius 2 is 0.911 bits per heavy atom. The zero-order valence-corrected chi connectivity index (χ0v) is 28.1. The molecule has 0 aliphatic carbocycles. The number of aliphatic hydroxyl groups is 1. The third kappa shape index (κ3) is 8.40. The van der Waals surface area contributed by atoms with E-state index in [4.69, 9.17) is 14.2 Å². The van der Waals surface area contributed by atoms with Gasteiger partial charge in [-0.15, -0.1) is 0 Å². The van der Waals surface area contributed by atoms with Gasteiger partial charge in [0.05, 0.1) is 6.61 Å². The van der Waals surface area contributed by atoms with Gasteiger partial charge >= 0.3 is 0 Å². The molecular formula is C40H50O5. The van der Waals surface area contributed by atoms with E-state index in [-0.39, 0.29) is 23.2 Å². The number of hydrogen-bond donors (Lipinski definition) is 2. The van der Waals surface area contributed by atoms with Gasteiger partial charge in [-0.05, 0) is 90.6 Å². The van der Waals surface area contributed by atoms with Gasteiger partial charge in [0.1, 0.15) is 41.3 Å². The predicted molar refractivity (Wildman–Crippen MR) is 183 cm³/mol. The summed E-state index contributed by atoms with van der Waals surface area (Å²) in [7, 11) is 0. The van der Waals surface area contributed by atoms with Crippen LogP contribution in [0.4, 0.5) is 0 Å². The minimum Gasteiger partial charge on any atom is -0.508 e. The molecule has 0 fully saturated rings. The van der Waals surface area contributed by atoms with Gasteiger partial charge in [-0.25, -0.2) is 0 Å². The highest BCUT2D eigenvalue weighted by atomic mass is 16.5. The molecule has 5 heteroatoms. The lowest BCUT2D eigenvalue weighted by Gasteiger charge is -2.32. The van der Waals surface area contributed by atoms with E-state index in [1.807, 2.05) is 62.4 Å². The monoisotopic (exact) mass is 610 g/mol. The molecule has 0 heterocycles. The van der Waals surface area contributed by atoms with Crippen LogP contribution in [0.2, 0.25) is 0 Å². The van der Waals surface area contributed by atoms with E-state index in [9.17, 15) is 10.2 Å². The molecule has 0 saturated heterocycles. The van der Waals surface area contributed by atoms with Crippen molar-refractivity contribution in [2.24, 2.45) is 5.92 Å². The van der Waals surface area contributed by atoms with Gasteiger partial charge in [-0.1, -0.05) is 96.5 Å². The van der Waals surface area contributed by atoms with Crippen LogP contribution in [-0.4, -0.2) is 35.1 Å². The highest BCUT2D eigenvalue weighted by Crippen LogP contribution is 2.35. The lowest BCUT2D eigenvalue weighted by molar-refractivity contribution is -0.0492. The van der Waals surface area contributed by atoms with Crippen LogP contribution in [-0.2, 0) is 10.8 Å². The maximum Gasteiger partial charge on any atom is 0.132 e. The van der Waals surface area contributed by atoms with Gasteiger partial charge in [0, 0.05) is 10.8 Å². The topological polar surface area (TPSA) is 68.2 Å². The summed E-state index contributed by atoms with van der Waals surface area (Å²) in [5.41, 5.74) is 3.29. The lowest BCUT2D eigenvalue weighted by atomic mass is 9.78. The summed E-state index contributed by atoms with van der Waals surface area (Å²) in [5, 5.41) is 20.7. The highest BCUT2D eigenvalue weighted by Gasteiger charge is 2.31. The van der Waals surface area contributed by atoms with Crippen molar-refractivity contribution in [3.05, 3.63) is 119 Å². The summed E-state index contributed by atoms with van der Waals surface area (Å²) in [6.45, 7) is 17.7. The van der Waals surface area contributed by atoms with E-state index >= 15 is 0 Å². The molecule has 2 unspecified atom stereocenters. The van der Waals surface area contributed by atoms with Crippen LogP contribution in [0.3, 0.4) is 0 Å². The maximum atomic E-state index is 11.0. The highest BCUT2D eigenvalue weighted by molar-refractivity contribution is 5.43. The number of aliphatic hydroxyl groups excluding tert-OH is 1. The third-order valence-electron chi connectivity index (χ3n) is 9.14. The average Bonchev–Trinajstić information content (AvgIpc) is 3.03. The number of phenolic OH excluding ortho intramolecular Hbond substituents is 1. The Labute approximate surface area is 269 Å². The molecule has 0 bridgehead atoms. The van der Waals surface area contributed by atoms with Crippen molar-refractivity contribution < 1.29 is 24.4 Å². The van der Waals surface area contributed by atoms with Crippen LogP contribution < -0.4 is 14.2 Å². The largest absolute Gasteiger partial charge is 0.508 e. The first-order valence-corrected chi connectivity index (χ1v) is 16.0. The number of phenols is 1. The predicted octanol–water partition coefficient (Wildman–Crippen LogP) is 9.07. The second-order valence-electron chi connectivity index (χ2n) is 13.7. The molecule has 240 valence electrons. The maximum absolute atomic E-state index is 11.0. The third-order valence-corrected chi connectivity index (χ3v) is 9.14. The number of rotatable bonds is 14. The molecule has 5 nitrogen and oxygen atoms in total. The van der Waals surface area contributed by atoms with Gasteiger partial charge in [-0.3, -0.25) is 0 Å². The minimum atomic E-state index is -0.872. The van der Waals surface area contributed by atoms with Gasteiger partial charge in [0.15, 0.2) is 0 Å². The van der Waals surface area contributed by atoms with Crippen molar-refractivity contribution in [1.82, 2.24) is 0 Å². The smallest absolute Gasteiger partial charge is 0.132 e. The van der Waals surface area contributed by atoms with Gasteiger partial charge in [0.2, 0.25) is 0 Å². The van der Waals surface area contributed by atoms with Crippen molar-refractivity contribution in [3.63, 3.8) is 0 Å². The van der Waals surface area contributed by atoms with Crippen molar-refractivity contribution in [2.45, 2.75) is 84.3 Å². The van der Waals surface area contributed by atoms with E-state index in [0.29, 0.717) is 17.4 Å². The number of benzene rings is 4. The molecule has 4 rings (SSSR count). The van der Waals surface area contributed by atoms with Crippen LogP contribution in [0.5, 0.6) is 23.0 Å². The van der Waals surface area contributed by atoms with Gasteiger partial charge < -0.3 is 24.4 Å². The molecule has 4 aromatic rings. The van der Waals surface area contributed by atoms with Crippen molar-refractivity contribution in [3.8, 4) is 23.0 Å². The molecule has 0 aliphatic heterocycles. The minimum absolute atomic E-state index is 0.0931. The average molecular weight is 611 g/mol. The van der Waals surface area contributed by atoms with E-state index < -0.39 is 11.7 Å². The first kappa shape index (κ1) is 33.9. The van der Waals surface area contributed by atoms with E-state index in [0.717, 1.165) is 29.9 Å². The molecule has 0 saturated carbocycles. The van der Waals surface area contributed by atoms with Crippen molar-refractivity contribution >= 4 is 0 Å². The molecule has 2 atom stereocenters. The van der Waals surface area contributed by atoms with E-state index in [1.165, 1.54) is 11.1 Å². The molecular weight excluding hydrogens is 560 g/mol. The summed E-state index contributed by atoms with van der Waals surface area (Å²) in [5.74, 6) is 3.06. The fraction of sp³-hybridized carbons (Fsp3) is 0.400. The molecule has 0 aromatic heterocycles. The van der Waals surface area contributed by atoms with E-state index in [2.05, 4.69) is 77.9 Å². The van der Waals surface area contributed by atoms with Gasteiger partial charge in [-0.2, -0.15) is 0 Å². The Morgan fingerprint density at radius 3 is 1.31 bits per heavy atom. The Balaban J connectivity index is 1.33.